The van der Waals surface area contributed by atoms with Crippen LogP contribution in [0.1, 0.15) is 15.9 Å². The van der Waals surface area contributed by atoms with Gasteiger partial charge in [-0.2, -0.15) is 13.2 Å². The number of hydrogen-bond donors (Lipinski definition) is 1. The van der Waals surface area contributed by atoms with Gasteiger partial charge in [0.25, 0.3) is 0 Å². The van der Waals surface area contributed by atoms with E-state index < -0.39 is 58.5 Å². The number of nitrogens with two attached hydrogens (primary N) is 1. The van der Waals surface area contributed by atoms with Gasteiger partial charge < -0.3 is 4.42 Å². The van der Waals surface area contributed by atoms with Gasteiger partial charge in [0.2, 0.25) is 10.0 Å². The lowest BCUT2D eigenvalue weighted by Gasteiger charge is -2.14. The molecule has 4 rings (SSSR count). The number of para-hydroxylation sites is 1. The molecule has 2 N–H and O–H groups in total. The molecule has 1 heterocycles. The van der Waals surface area contributed by atoms with Crippen molar-refractivity contribution in [3.8, 4) is 11.3 Å². The van der Waals surface area contributed by atoms with Gasteiger partial charge in [0, 0.05) is 16.5 Å². The summed E-state index contributed by atoms with van der Waals surface area (Å²) < 4.78 is 96.2. The Kier molecular flexibility index (Phi) is 6.07. The highest BCUT2D eigenvalue weighted by atomic mass is 32.2. The highest BCUT2D eigenvalue weighted by Crippen LogP contribution is 2.37. The molecular weight excluding hydrogens is 507 g/mol. The van der Waals surface area contributed by atoms with E-state index in [-0.39, 0.29) is 11.3 Å². The molecule has 0 atom stereocenters. The number of sulfone groups is 1. The first-order chi connectivity index (χ1) is 16.3. The van der Waals surface area contributed by atoms with Gasteiger partial charge in [0.1, 0.15) is 22.0 Å². The van der Waals surface area contributed by atoms with Gasteiger partial charge in [-0.3, -0.25) is 4.79 Å². The van der Waals surface area contributed by atoms with E-state index >= 15 is 0 Å². The Hall–Kier alpha value is -3.48. The van der Waals surface area contributed by atoms with Crippen LogP contribution >= 0.6 is 0 Å². The number of Topliss-reactive ketones (excluding diaryl/α,β-unsaturated/α-hetero) is 1. The number of carbonyl (C=O) groups is 1. The minimum absolute atomic E-state index is 0.0347. The second-order valence-electron chi connectivity index (χ2n) is 7.58. The van der Waals surface area contributed by atoms with Gasteiger partial charge in [-0.25, -0.2) is 22.0 Å². The van der Waals surface area contributed by atoms with Crippen LogP contribution in [0.4, 0.5) is 13.2 Å². The molecule has 0 aliphatic heterocycles. The first-order valence-electron chi connectivity index (χ1n) is 9.85. The number of carbonyl (C=O) groups excluding carboxylic acids is 1. The van der Waals surface area contributed by atoms with Crippen molar-refractivity contribution in [1.29, 1.82) is 0 Å². The molecule has 0 aliphatic rings. The quantitative estimate of drug-likeness (QED) is 0.373. The average molecular weight is 524 g/mol. The number of fused-ring (bicyclic) bond motifs is 1. The fraction of sp³-hybridized carbons (Fsp3) is 0.0870. The number of rotatable bonds is 6. The summed E-state index contributed by atoms with van der Waals surface area (Å²) in [6, 6.07) is 15.4. The summed E-state index contributed by atoms with van der Waals surface area (Å²) in [5, 5.41) is 5.71. The van der Waals surface area contributed by atoms with Crippen LogP contribution in [0, 0.1) is 0 Å². The summed E-state index contributed by atoms with van der Waals surface area (Å²) >= 11 is 0. The van der Waals surface area contributed by atoms with Crippen LogP contribution in [-0.4, -0.2) is 28.4 Å². The predicted octanol–water partition coefficient (Wildman–Crippen LogP) is 4.42. The molecule has 0 bridgehead atoms. The number of ketones is 1. The number of benzene rings is 3. The Bertz CT molecular complexity index is 1640. The summed E-state index contributed by atoms with van der Waals surface area (Å²) in [5.74, 6) is -2.63. The lowest BCUT2D eigenvalue weighted by atomic mass is 9.99. The molecule has 0 saturated carbocycles. The Morgan fingerprint density at radius 3 is 2.11 bits per heavy atom. The minimum atomic E-state index is -4.99. The van der Waals surface area contributed by atoms with Gasteiger partial charge >= 0.3 is 6.18 Å². The summed E-state index contributed by atoms with van der Waals surface area (Å²) in [6.45, 7) is 0. The first-order valence-corrected chi connectivity index (χ1v) is 13.1. The Balaban J connectivity index is 1.75. The average Bonchev–Trinajstić information content (AvgIpc) is 3.21. The van der Waals surface area contributed by atoms with Crippen molar-refractivity contribution in [3.63, 3.8) is 0 Å². The van der Waals surface area contributed by atoms with Crippen LogP contribution in [0.3, 0.4) is 0 Å². The van der Waals surface area contributed by atoms with Crippen LogP contribution in [0.15, 0.2) is 87.0 Å². The first kappa shape index (κ1) is 24.6. The van der Waals surface area contributed by atoms with E-state index in [1.54, 1.807) is 30.3 Å². The monoisotopic (exact) mass is 523 g/mol. The fourth-order valence-electron chi connectivity index (χ4n) is 3.57. The fourth-order valence-corrected chi connectivity index (χ4v) is 6.23. The normalized spacial score (nSPS) is 12.7. The van der Waals surface area contributed by atoms with Crippen LogP contribution in [-0.2, 0) is 26.0 Å². The Labute approximate surface area is 198 Å². The molecule has 3 aromatic carbocycles. The molecule has 0 aliphatic carbocycles. The molecule has 0 fully saturated rings. The predicted molar refractivity (Wildman–Crippen MR) is 121 cm³/mol. The summed E-state index contributed by atoms with van der Waals surface area (Å²) in [5.41, 5.74) is -1.74. The van der Waals surface area contributed by atoms with Gasteiger partial charge in [0.15, 0.2) is 15.6 Å². The molecule has 0 amide bonds. The Morgan fingerprint density at radius 1 is 0.857 bits per heavy atom. The Morgan fingerprint density at radius 2 is 1.49 bits per heavy atom. The van der Waals surface area contributed by atoms with Crippen molar-refractivity contribution < 1.29 is 39.2 Å². The zero-order chi connectivity index (χ0) is 25.6. The minimum Gasteiger partial charge on any atom is -0.456 e. The molecule has 35 heavy (non-hydrogen) atoms. The standard InChI is InChI=1S/C23H16F3NO6S2/c24-23(25,26)17-11-15(20-12-14-5-1-2-6-19(14)33-20)9-10-16(17)18(28)13-34(29,30)21-7-3-4-8-22(21)35(27,31)32/h1-12H,13H2,(H2,27,31,32). The van der Waals surface area contributed by atoms with Crippen molar-refractivity contribution >= 4 is 36.6 Å². The second-order valence-corrected chi connectivity index (χ2v) is 11.1. The van der Waals surface area contributed by atoms with E-state index in [1.165, 1.54) is 18.2 Å². The van der Waals surface area contributed by atoms with Crippen LogP contribution in [0.2, 0.25) is 0 Å². The maximum absolute atomic E-state index is 13.9. The van der Waals surface area contributed by atoms with Crippen LogP contribution in [0.5, 0.6) is 0 Å². The third-order valence-corrected chi connectivity index (χ3v) is 7.91. The maximum atomic E-state index is 13.9. The van der Waals surface area contributed by atoms with E-state index in [4.69, 9.17) is 9.56 Å². The lowest BCUT2D eigenvalue weighted by Crippen LogP contribution is -2.23. The van der Waals surface area contributed by atoms with Crippen LogP contribution in [0.25, 0.3) is 22.3 Å². The second kappa shape index (κ2) is 8.63. The molecule has 0 radical (unpaired) electrons. The zero-order valence-electron chi connectivity index (χ0n) is 17.6. The topological polar surface area (TPSA) is 125 Å². The van der Waals surface area contributed by atoms with E-state index in [0.29, 0.717) is 17.0 Å². The molecule has 0 unspecified atom stereocenters. The zero-order valence-corrected chi connectivity index (χ0v) is 19.2. The number of sulfonamides is 1. The van der Waals surface area contributed by atoms with Gasteiger partial charge in [0.05, 0.1) is 10.5 Å². The van der Waals surface area contributed by atoms with Crippen molar-refractivity contribution in [2.24, 2.45) is 5.14 Å². The SMILES string of the molecule is NS(=O)(=O)c1ccccc1S(=O)(=O)CC(=O)c1ccc(-c2cc3ccccc3o2)cc1C(F)(F)F. The van der Waals surface area contributed by atoms with Crippen LogP contribution < -0.4 is 5.14 Å². The number of furan rings is 1. The van der Waals surface area contributed by atoms with E-state index in [1.807, 2.05) is 0 Å². The van der Waals surface area contributed by atoms with E-state index in [2.05, 4.69) is 0 Å². The molecule has 12 heteroatoms. The summed E-state index contributed by atoms with van der Waals surface area (Å²) in [7, 11) is -9.13. The third-order valence-electron chi connectivity index (χ3n) is 5.15. The van der Waals surface area contributed by atoms with Gasteiger partial charge in [-0.15, -0.1) is 0 Å². The molecule has 4 aromatic rings. The largest absolute Gasteiger partial charge is 0.456 e. The van der Waals surface area contributed by atoms with Gasteiger partial charge in [-0.1, -0.05) is 42.5 Å². The molecular formula is C23H16F3NO6S2. The lowest BCUT2D eigenvalue weighted by molar-refractivity contribution is -0.137. The third kappa shape index (κ3) is 4.99. The molecule has 1 aromatic heterocycles. The number of alkyl halides is 3. The summed E-state index contributed by atoms with van der Waals surface area (Å²) in [4.78, 5) is 11.2. The molecule has 182 valence electrons. The van der Waals surface area contributed by atoms with E-state index in [0.717, 1.165) is 18.2 Å². The summed E-state index contributed by atoms with van der Waals surface area (Å²) in [6.07, 6.45) is -4.99. The van der Waals surface area contributed by atoms with Crippen molar-refractivity contribution in [3.05, 3.63) is 83.9 Å². The van der Waals surface area contributed by atoms with Crippen molar-refractivity contribution in [1.82, 2.24) is 0 Å². The highest BCUT2D eigenvalue weighted by Gasteiger charge is 2.37. The number of hydrogen-bond acceptors (Lipinski definition) is 6. The maximum Gasteiger partial charge on any atom is 0.417 e. The molecule has 0 spiro atoms. The molecule has 0 saturated heterocycles. The van der Waals surface area contributed by atoms with Gasteiger partial charge in [-0.05, 0) is 30.3 Å². The van der Waals surface area contributed by atoms with Crippen molar-refractivity contribution in [2.75, 3.05) is 5.75 Å². The smallest absolute Gasteiger partial charge is 0.417 e. The number of halogens is 3. The van der Waals surface area contributed by atoms with E-state index in [9.17, 15) is 34.8 Å². The van der Waals surface area contributed by atoms with Crippen molar-refractivity contribution in [2.45, 2.75) is 16.0 Å². The number of primary sulfonamides is 1. The highest BCUT2D eigenvalue weighted by molar-refractivity contribution is 7.94. The molecule has 7 nitrogen and oxygen atoms in total.